The lowest BCUT2D eigenvalue weighted by molar-refractivity contribution is 0.475. The maximum atomic E-state index is 13.7. The SMILES string of the molecule is CN(C)c1cccc(Oc2cccc(F)c2C(=N)N)c1. The standard InChI is InChI=1S/C15H16FN3O/c1-19(2)10-5-3-6-11(9-10)20-13-8-4-7-12(16)14(13)15(17)18/h3-9H,1-2H3,(H3,17,18). The Balaban J connectivity index is 2.38. The molecule has 0 aliphatic heterocycles. The molecule has 20 heavy (non-hydrogen) atoms. The zero-order valence-corrected chi connectivity index (χ0v) is 11.4. The van der Waals surface area contributed by atoms with Gasteiger partial charge in [0.25, 0.3) is 0 Å². The molecule has 0 heterocycles. The van der Waals surface area contributed by atoms with Crippen LogP contribution in [0.5, 0.6) is 11.5 Å². The number of nitrogen functional groups attached to an aromatic ring is 1. The second-order valence-corrected chi connectivity index (χ2v) is 4.52. The molecule has 5 heteroatoms. The molecule has 0 fully saturated rings. The predicted molar refractivity (Wildman–Crippen MR) is 78.3 cm³/mol. The molecule has 0 unspecified atom stereocenters. The van der Waals surface area contributed by atoms with Crippen molar-refractivity contribution in [3.05, 3.63) is 53.8 Å². The second kappa shape index (κ2) is 5.61. The molecule has 4 nitrogen and oxygen atoms in total. The summed E-state index contributed by atoms with van der Waals surface area (Å²) in [6.45, 7) is 0. The number of benzene rings is 2. The van der Waals surface area contributed by atoms with Crippen molar-refractivity contribution in [2.75, 3.05) is 19.0 Å². The first-order chi connectivity index (χ1) is 9.49. The Morgan fingerprint density at radius 1 is 1.20 bits per heavy atom. The van der Waals surface area contributed by atoms with Crippen molar-refractivity contribution in [3.8, 4) is 11.5 Å². The molecule has 2 aromatic rings. The van der Waals surface area contributed by atoms with Crippen molar-refractivity contribution in [3.63, 3.8) is 0 Å². The average molecular weight is 273 g/mol. The van der Waals surface area contributed by atoms with Gasteiger partial charge in [-0.3, -0.25) is 5.41 Å². The number of nitrogens with one attached hydrogen (secondary N) is 1. The van der Waals surface area contributed by atoms with Crippen LogP contribution in [-0.4, -0.2) is 19.9 Å². The molecule has 2 aromatic carbocycles. The zero-order chi connectivity index (χ0) is 14.7. The van der Waals surface area contributed by atoms with E-state index in [9.17, 15) is 4.39 Å². The molecule has 0 aliphatic rings. The Bertz CT molecular complexity index is 641. The number of anilines is 1. The Morgan fingerprint density at radius 2 is 1.90 bits per heavy atom. The number of halogens is 1. The van der Waals surface area contributed by atoms with Crippen LogP contribution in [-0.2, 0) is 0 Å². The highest BCUT2D eigenvalue weighted by molar-refractivity contribution is 5.98. The Labute approximate surface area is 117 Å². The number of hydrogen-bond donors (Lipinski definition) is 2. The normalized spacial score (nSPS) is 10.2. The van der Waals surface area contributed by atoms with Gasteiger partial charge in [0.1, 0.15) is 23.2 Å². The van der Waals surface area contributed by atoms with Gasteiger partial charge >= 0.3 is 0 Å². The number of amidine groups is 1. The van der Waals surface area contributed by atoms with Crippen LogP contribution in [0, 0.1) is 11.2 Å². The van der Waals surface area contributed by atoms with Crippen molar-refractivity contribution >= 4 is 11.5 Å². The molecular weight excluding hydrogens is 257 g/mol. The second-order valence-electron chi connectivity index (χ2n) is 4.52. The quantitative estimate of drug-likeness (QED) is 0.665. The lowest BCUT2D eigenvalue weighted by Gasteiger charge is -2.15. The van der Waals surface area contributed by atoms with Crippen LogP contribution >= 0.6 is 0 Å². The molecule has 104 valence electrons. The Hall–Kier alpha value is -2.56. The number of nitrogens with two attached hydrogens (primary N) is 1. The molecule has 0 aromatic heterocycles. The summed E-state index contributed by atoms with van der Waals surface area (Å²) in [6.07, 6.45) is 0. The fraction of sp³-hybridized carbons (Fsp3) is 0.133. The van der Waals surface area contributed by atoms with Gasteiger partial charge in [-0.25, -0.2) is 4.39 Å². The van der Waals surface area contributed by atoms with E-state index in [0.29, 0.717) is 5.75 Å². The van der Waals surface area contributed by atoms with Gasteiger partial charge in [-0.05, 0) is 24.3 Å². The smallest absolute Gasteiger partial charge is 0.141 e. The van der Waals surface area contributed by atoms with E-state index in [1.165, 1.54) is 12.1 Å². The van der Waals surface area contributed by atoms with Crippen molar-refractivity contribution in [2.24, 2.45) is 5.73 Å². The monoisotopic (exact) mass is 273 g/mol. The summed E-state index contributed by atoms with van der Waals surface area (Å²) in [5.74, 6) is -0.140. The highest BCUT2D eigenvalue weighted by Gasteiger charge is 2.13. The maximum Gasteiger partial charge on any atom is 0.141 e. The highest BCUT2D eigenvalue weighted by atomic mass is 19.1. The molecule has 2 rings (SSSR count). The van der Waals surface area contributed by atoms with Crippen LogP contribution in [0.25, 0.3) is 0 Å². The molecule has 0 aliphatic carbocycles. The van der Waals surface area contributed by atoms with E-state index in [1.54, 1.807) is 12.1 Å². The van der Waals surface area contributed by atoms with Crippen LogP contribution in [0.4, 0.5) is 10.1 Å². The summed E-state index contributed by atoms with van der Waals surface area (Å²) in [5, 5.41) is 7.44. The van der Waals surface area contributed by atoms with E-state index < -0.39 is 5.82 Å². The minimum atomic E-state index is -0.571. The van der Waals surface area contributed by atoms with Crippen molar-refractivity contribution in [1.82, 2.24) is 0 Å². The van der Waals surface area contributed by atoms with Crippen LogP contribution in [0.2, 0.25) is 0 Å². The van der Waals surface area contributed by atoms with E-state index in [0.717, 1.165) is 5.69 Å². The summed E-state index contributed by atoms with van der Waals surface area (Å²) in [5.41, 5.74) is 6.34. The first-order valence-electron chi connectivity index (χ1n) is 6.07. The first-order valence-corrected chi connectivity index (χ1v) is 6.07. The summed E-state index contributed by atoms with van der Waals surface area (Å²) >= 11 is 0. The maximum absolute atomic E-state index is 13.7. The molecule has 0 amide bonds. The summed E-state index contributed by atoms with van der Waals surface area (Å²) in [7, 11) is 3.84. The summed E-state index contributed by atoms with van der Waals surface area (Å²) in [4.78, 5) is 1.93. The molecule has 0 saturated heterocycles. The number of rotatable bonds is 4. The summed E-state index contributed by atoms with van der Waals surface area (Å²) < 4.78 is 19.4. The van der Waals surface area contributed by atoms with Gasteiger partial charge in [-0.1, -0.05) is 12.1 Å². The molecule has 0 atom stereocenters. The lowest BCUT2D eigenvalue weighted by Crippen LogP contribution is -2.14. The molecule has 0 saturated carbocycles. The lowest BCUT2D eigenvalue weighted by atomic mass is 10.1. The predicted octanol–water partition coefficient (Wildman–Crippen LogP) is 2.97. The van der Waals surface area contributed by atoms with E-state index in [1.807, 2.05) is 37.2 Å². The van der Waals surface area contributed by atoms with E-state index in [4.69, 9.17) is 15.9 Å². The number of hydrogen-bond acceptors (Lipinski definition) is 3. The topological polar surface area (TPSA) is 62.3 Å². The van der Waals surface area contributed by atoms with Gasteiger partial charge < -0.3 is 15.4 Å². The molecule has 0 radical (unpaired) electrons. The number of ether oxygens (including phenoxy) is 1. The zero-order valence-electron chi connectivity index (χ0n) is 11.4. The minimum Gasteiger partial charge on any atom is -0.456 e. The number of nitrogens with zero attached hydrogens (tertiary/aromatic N) is 1. The van der Waals surface area contributed by atoms with Crippen LogP contribution in [0.3, 0.4) is 0 Å². The van der Waals surface area contributed by atoms with Crippen LogP contribution in [0.1, 0.15) is 5.56 Å². The fourth-order valence-electron chi connectivity index (χ4n) is 1.80. The van der Waals surface area contributed by atoms with Crippen molar-refractivity contribution in [2.45, 2.75) is 0 Å². The third kappa shape index (κ3) is 2.88. The van der Waals surface area contributed by atoms with E-state index >= 15 is 0 Å². The van der Waals surface area contributed by atoms with E-state index in [2.05, 4.69) is 0 Å². The van der Waals surface area contributed by atoms with Gasteiger partial charge in [0.15, 0.2) is 0 Å². The molecule has 0 spiro atoms. The molecule has 3 N–H and O–H groups in total. The van der Waals surface area contributed by atoms with Crippen LogP contribution in [0.15, 0.2) is 42.5 Å². The molecule has 0 bridgehead atoms. The van der Waals surface area contributed by atoms with Gasteiger partial charge in [0.2, 0.25) is 0 Å². The van der Waals surface area contributed by atoms with Gasteiger partial charge in [0.05, 0.1) is 5.56 Å². The van der Waals surface area contributed by atoms with Gasteiger partial charge in [0, 0.05) is 25.8 Å². The third-order valence-corrected chi connectivity index (χ3v) is 2.81. The fourth-order valence-corrected chi connectivity index (χ4v) is 1.80. The van der Waals surface area contributed by atoms with Crippen molar-refractivity contribution in [1.29, 1.82) is 5.41 Å². The Kier molecular flexibility index (Phi) is 3.89. The minimum absolute atomic E-state index is 0.0252. The molecular formula is C15H16FN3O. The van der Waals surface area contributed by atoms with Crippen LogP contribution < -0.4 is 15.4 Å². The van der Waals surface area contributed by atoms with Gasteiger partial charge in [-0.2, -0.15) is 0 Å². The van der Waals surface area contributed by atoms with Gasteiger partial charge in [-0.15, -0.1) is 0 Å². The van der Waals surface area contributed by atoms with E-state index in [-0.39, 0.29) is 17.1 Å². The first kappa shape index (κ1) is 13.9. The third-order valence-electron chi connectivity index (χ3n) is 2.81. The average Bonchev–Trinajstić information content (AvgIpc) is 2.38. The van der Waals surface area contributed by atoms with Crippen molar-refractivity contribution < 1.29 is 9.13 Å². The summed E-state index contributed by atoms with van der Waals surface area (Å²) in [6, 6.07) is 11.7. The highest BCUT2D eigenvalue weighted by Crippen LogP contribution is 2.28. The Morgan fingerprint density at radius 3 is 2.55 bits per heavy atom. The largest absolute Gasteiger partial charge is 0.456 e.